The first-order valence-electron chi connectivity index (χ1n) is 12.0. The quantitative estimate of drug-likeness (QED) is 0.282. The predicted molar refractivity (Wildman–Crippen MR) is 150 cm³/mol. The van der Waals surface area contributed by atoms with Gasteiger partial charge in [0.2, 0.25) is 0 Å². The molecule has 3 aromatic heterocycles. The van der Waals surface area contributed by atoms with E-state index in [1.54, 1.807) is 13.8 Å². The highest BCUT2D eigenvalue weighted by Crippen LogP contribution is 2.38. The van der Waals surface area contributed by atoms with E-state index >= 15 is 0 Å². The SMILES string of the molecule is CCOC(=O)c1c(-c2ccc(C(C)C)cc2)csc1NC(=O)c1sc2nc(CN(C)C)[nH]c(=O)c2c1C. The lowest BCUT2D eigenvalue weighted by Crippen LogP contribution is -2.18. The molecule has 1 amide bonds. The Balaban J connectivity index is 1.71. The van der Waals surface area contributed by atoms with Gasteiger partial charge in [-0.3, -0.25) is 9.59 Å². The van der Waals surface area contributed by atoms with Gasteiger partial charge in [0.05, 0.1) is 23.4 Å². The molecule has 0 aliphatic rings. The molecule has 0 fully saturated rings. The molecule has 0 aliphatic heterocycles. The van der Waals surface area contributed by atoms with E-state index in [0.29, 0.717) is 55.1 Å². The van der Waals surface area contributed by atoms with Crippen molar-refractivity contribution >= 4 is 49.8 Å². The molecule has 0 spiro atoms. The van der Waals surface area contributed by atoms with Crippen molar-refractivity contribution in [1.82, 2.24) is 14.9 Å². The van der Waals surface area contributed by atoms with E-state index < -0.39 is 11.9 Å². The van der Waals surface area contributed by atoms with Crippen LogP contribution in [0, 0.1) is 6.92 Å². The number of esters is 1. The fourth-order valence-corrected chi connectivity index (χ4v) is 6.10. The zero-order chi connectivity index (χ0) is 26.9. The number of nitrogens with zero attached hydrogens (tertiary/aromatic N) is 2. The van der Waals surface area contributed by atoms with Crippen molar-refractivity contribution in [3.05, 3.63) is 67.4 Å². The number of fused-ring (bicyclic) bond motifs is 1. The number of rotatable bonds is 8. The molecular weight excluding hydrogens is 508 g/mol. The Morgan fingerprint density at radius 3 is 2.51 bits per heavy atom. The Labute approximate surface area is 223 Å². The van der Waals surface area contributed by atoms with Gasteiger partial charge in [-0.1, -0.05) is 38.1 Å². The molecule has 194 valence electrons. The minimum absolute atomic E-state index is 0.215. The molecular formula is C27H30N4O4S2. The molecule has 37 heavy (non-hydrogen) atoms. The maximum atomic E-state index is 13.4. The number of aryl methyl sites for hydroxylation is 1. The number of anilines is 1. The van der Waals surface area contributed by atoms with Crippen molar-refractivity contribution in [2.24, 2.45) is 0 Å². The summed E-state index contributed by atoms with van der Waals surface area (Å²) in [6, 6.07) is 8.04. The number of ether oxygens (including phenoxy) is 1. The van der Waals surface area contributed by atoms with E-state index in [-0.39, 0.29) is 12.2 Å². The topological polar surface area (TPSA) is 104 Å². The van der Waals surface area contributed by atoms with E-state index in [1.165, 1.54) is 28.2 Å². The maximum absolute atomic E-state index is 13.4. The van der Waals surface area contributed by atoms with Gasteiger partial charge in [0.15, 0.2) is 0 Å². The van der Waals surface area contributed by atoms with Gasteiger partial charge < -0.3 is 19.9 Å². The van der Waals surface area contributed by atoms with E-state index in [1.807, 2.05) is 48.6 Å². The van der Waals surface area contributed by atoms with Gasteiger partial charge in [-0.05, 0) is 50.6 Å². The molecule has 4 rings (SSSR count). The number of amides is 1. The van der Waals surface area contributed by atoms with Crippen molar-refractivity contribution in [2.75, 3.05) is 26.0 Å². The summed E-state index contributed by atoms with van der Waals surface area (Å²) in [5, 5.41) is 5.55. The van der Waals surface area contributed by atoms with Crippen LogP contribution in [0.1, 0.15) is 63.7 Å². The number of nitrogens with one attached hydrogen (secondary N) is 2. The number of carbonyl (C=O) groups excluding carboxylic acids is 2. The zero-order valence-corrected chi connectivity index (χ0v) is 23.4. The second-order valence-corrected chi connectivity index (χ2v) is 11.2. The van der Waals surface area contributed by atoms with Gasteiger partial charge in [0.1, 0.15) is 21.2 Å². The molecule has 3 heterocycles. The lowest BCUT2D eigenvalue weighted by Gasteiger charge is -2.10. The van der Waals surface area contributed by atoms with Crippen LogP contribution < -0.4 is 10.9 Å². The highest BCUT2D eigenvalue weighted by molar-refractivity contribution is 7.21. The van der Waals surface area contributed by atoms with Crippen LogP contribution in [-0.4, -0.2) is 47.4 Å². The monoisotopic (exact) mass is 538 g/mol. The number of benzene rings is 1. The predicted octanol–water partition coefficient (Wildman–Crippen LogP) is 5.64. The van der Waals surface area contributed by atoms with Crippen molar-refractivity contribution in [3.8, 4) is 11.1 Å². The molecule has 0 atom stereocenters. The number of hydrogen-bond acceptors (Lipinski definition) is 8. The summed E-state index contributed by atoms with van der Waals surface area (Å²) in [7, 11) is 3.77. The molecule has 0 saturated carbocycles. The summed E-state index contributed by atoms with van der Waals surface area (Å²) in [4.78, 5) is 49.2. The van der Waals surface area contributed by atoms with Crippen LogP contribution in [0.15, 0.2) is 34.4 Å². The van der Waals surface area contributed by atoms with Gasteiger partial charge in [-0.2, -0.15) is 0 Å². The van der Waals surface area contributed by atoms with Crippen LogP contribution in [-0.2, 0) is 11.3 Å². The summed E-state index contributed by atoms with van der Waals surface area (Å²) in [5.74, 6) is 0.0254. The van der Waals surface area contributed by atoms with E-state index in [9.17, 15) is 14.4 Å². The number of hydrogen-bond donors (Lipinski definition) is 2. The van der Waals surface area contributed by atoms with Crippen LogP contribution in [0.3, 0.4) is 0 Å². The summed E-state index contributed by atoms with van der Waals surface area (Å²) in [5.41, 5.74) is 3.37. The fourth-order valence-electron chi connectivity index (χ4n) is 4.06. The first-order valence-corrected chi connectivity index (χ1v) is 13.7. The fraction of sp³-hybridized carbons (Fsp3) is 0.333. The number of H-pyrrole nitrogens is 1. The minimum Gasteiger partial charge on any atom is -0.462 e. The summed E-state index contributed by atoms with van der Waals surface area (Å²) in [6.07, 6.45) is 0. The molecule has 4 aromatic rings. The molecule has 0 aliphatic carbocycles. The van der Waals surface area contributed by atoms with Gasteiger partial charge in [-0.15, -0.1) is 22.7 Å². The van der Waals surface area contributed by atoms with Crippen molar-refractivity contribution in [2.45, 2.75) is 40.2 Å². The average Bonchev–Trinajstić information content (AvgIpc) is 3.40. The van der Waals surface area contributed by atoms with Crippen molar-refractivity contribution < 1.29 is 14.3 Å². The Kier molecular flexibility index (Phi) is 7.91. The second-order valence-electron chi connectivity index (χ2n) is 9.29. The molecule has 8 nitrogen and oxygen atoms in total. The van der Waals surface area contributed by atoms with Crippen LogP contribution in [0.2, 0.25) is 0 Å². The van der Waals surface area contributed by atoms with Crippen LogP contribution in [0.25, 0.3) is 21.3 Å². The Hall–Kier alpha value is -3.34. The maximum Gasteiger partial charge on any atom is 0.341 e. The highest BCUT2D eigenvalue weighted by Gasteiger charge is 2.25. The molecule has 0 saturated heterocycles. The Morgan fingerprint density at radius 2 is 1.89 bits per heavy atom. The summed E-state index contributed by atoms with van der Waals surface area (Å²) in [6.45, 7) is 8.42. The lowest BCUT2D eigenvalue weighted by atomic mass is 9.98. The summed E-state index contributed by atoms with van der Waals surface area (Å²) >= 11 is 2.43. The Morgan fingerprint density at radius 1 is 1.19 bits per heavy atom. The van der Waals surface area contributed by atoms with Gasteiger partial charge in [0, 0.05) is 10.9 Å². The largest absolute Gasteiger partial charge is 0.462 e. The zero-order valence-electron chi connectivity index (χ0n) is 21.7. The molecule has 10 heteroatoms. The molecule has 2 N–H and O–H groups in total. The normalized spacial score (nSPS) is 11.5. The van der Waals surface area contributed by atoms with Crippen LogP contribution in [0.4, 0.5) is 5.00 Å². The number of thiophene rings is 2. The summed E-state index contributed by atoms with van der Waals surface area (Å²) < 4.78 is 5.33. The standard InChI is InChI=1S/C27H30N4O4S2/c1-7-35-27(34)21-18(17-10-8-16(9-11-17)14(2)3)13-36-25(21)30-24(33)22-15(4)20-23(32)28-19(12-31(5)6)29-26(20)37-22/h8-11,13-14H,7,12H2,1-6H3,(H,30,33)(H,28,29,32). The number of carbonyl (C=O) groups is 2. The van der Waals surface area contributed by atoms with Gasteiger partial charge >= 0.3 is 5.97 Å². The molecule has 0 bridgehead atoms. The van der Waals surface area contributed by atoms with E-state index in [4.69, 9.17) is 4.74 Å². The Bertz CT molecular complexity index is 1510. The minimum atomic E-state index is -0.499. The highest BCUT2D eigenvalue weighted by atomic mass is 32.1. The third kappa shape index (κ3) is 5.51. The molecule has 1 aromatic carbocycles. The van der Waals surface area contributed by atoms with E-state index in [0.717, 1.165) is 5.56 Å². The first kappa shape index (κ1) is 26.7. The van der Waals surface area contributed by atoms with Crippen LogP contribution >= 0.6 is 22.7 Å². The van der Waals surface area contributed by atoms with Crippen molar-refractivity contribution in [1.29, 1.82) is 0 Å². The van der Waals surface area contributed by atoms with Gasteiger partial charge in [0.25, 0.3) is 11.5 Å². The van der Waals surface area contributed by atoms with Gasteiger partial charge in [-0.25, -0.2) is 9.78 Å². The van der Waals surface area contributed by atoms with Crippen LogP contribution in [0.5, 0.6) is 0 Å². The number of aromatic nitrogens is 2. The second kappa shape index (κ2) is 11.0. The third-order valence-electron chi connectivity index (χ3n) is 5.91. The lowest BCUT2D eigenvalue weighted by molar-refractivity contribution is 0.0529. The average molecular weight is 539 g/mol. The third-order valence-corrected chi connectivity index (χ3v) is 7.99. The van der Waals surface area contributed by atoms with Crippen molar-refractivity contribution in [3.63, 3.8) is 0 Å². The molecule has 0 unspecified atom stereocenters. The smallest absolute Gasteiger partial charge is 0.341 e. The molecule has 0 radical (unpaired) electrons. The van der Waals surface area contributed by atoms with E-state index in [2.05, 4.69) is 29.1 Å². The first-order chi connectivity index (χ1) is 17.6. The number of aromatic amines is 1.